The van der Waals surface area contributed by atoms with E-state index in [-0.39, 0.29) is 17.1 Å². The molecule has 0 radical (unpaired) electrons. The van der Waals surface area contributed by atoms with Crippen molar-refractivity contribution in [2.75, 3.05) is 0 Å². The van der Waals surface area contributed by atoms with E-state index in [0.717, 1.165) is 24.0 Å². The Balaban J connectivity index is 2.28. The molecule has 0 spiro atoms. The number of benzene rings is 1. The molecule has 2 atom stereocenters. The summed E-state index contributed by atoms with van der Waals surface area (Å²) in [4.78, 5) is 12.2. The number of carbonyl (C=O) groups excluding carboxylic acids is 1. The van der Waals surface area contributed by atoms with Crippen LogP contribution in [0.4, 0.5) is 0 Å². The Morgan fingerprint density at radius 3 is 2.93 bits per heavy atom. The van der Waals surface area contributed by atoms with Crippen molar-refractivity contribution in [1.29, 1.82) is 0 Å². The summed E-state index contributed by atoms with van der Waals surface area (Å²) < 4.78 is 0. The molecule has 2 aliphatic carbocycles. The molecule has 1 aromatic rings. The average molecular weight is 198 g/mol. The first-order chi connectivity index (χ1) is 7.14. The third-order valence-corrected chi connectivity index (χ3v) is 4.08. The van der Waals surface area contributed by atoms with Crippen molar-refractivity contribution >= 4 is 5.78 Å². The van der Waals surface area contributed by atoms with Crippen LogP contribution in [-0.2, 0) is 5.41 Å². The van der Waals surface area contributed by atoms with Crippen molar-refractivity contribution in [2.45, 2.75) is 25.2 Å². The number of allylic oxidation sites excluding steroid dienone is 1. The first-order valence-electron chi connectivity index (χ1n) is 5.46. The lowest BCUT2D eigenvalue weighted by Crippen LogP contribution is -2.24. The van der Waals surface area contributed by atoms with E-state index in [1.807, 2.05) is 18.2 Å². The number of carbonyl (C=O) groups is 1. The number of fused-ring (bicyclic) bond motifs is 3. The maximum atomic E-state index is 12.2. The van der Waals surface area contributed by atoms with E-state index in [4.69, 9.17) is 0 Å². The van der Waals surface area contributed by atoms with Gasteiger partial charge >= 0.3 is 0 Å². The normalized spacial score (nSPS) is 33.0. The number of ketones is 1. The van der Waals surface area contributed by atoms with E-state index >= 15 is 0 Å². The monoisotopic (exact) mass is 198 g/mol. The van der Waals surface area contributed by atoms with Gasteiger partial charge < -0.3 is 0 Å². The summed E-state index contributed by atoms with van der Waals surface area (Å²) >= 11 is 0. The van der Waals surface area contributed by atoms with E-state index in [0.29, 0.717) is 0 Å². The van der Waals surface area contributed by atoms with Crippen molar-refractivity contribution in [3.63, 3.8) is 0 Å². The highest BCUT2D eigenvalue weighted by Crippen LogP contribution is 2.54. The maximum absolute atomic E-state index is 12.2. The van der Waals surface area contributed by atoms with Gasteiger partial charge in [0.25, 0.3) is 0 Å². The van der Waals surface area contributed by atoms with Gasteiger partial charge in [-0.3, -0.25) is 4.79 Å². The lowest BCUT2D eigenvalue weighted by atomic mass is 9.78. The topological polar surface area (TPSA) is 17.1 Å². The third kappa shape index (κ3) is 0.909. The molecule has 1 fully saturated rings. The quantitative estimate of drug-likeness (QED) is 0.585. The molecule has 0 aliphatic heterocycles. The standard InChI is InChI=1S/C14H14O/c1-9-7-8-14(2)11-6-4-3-5-10(11)13(15)12(9)14/h3-6,12H,1,7-8H2,2H3/t12-,14+/m0/s1. The van der Waals surface area contributed by atoms with Crippen LogP contribution in [0, 0.1) is 5.92 Å². The zero-order valence-electron chi connectivity index (χ0n) is 8.92. The Morgan fingerprint density at radius 2 is 2.13 bits per heavy atom. The fourth-order valence-corrected chi connectivity index (χ4v) is 3.28. The minimum atomic E-state index is 0.0325. The highest BCUT2D eigenvalue weighted by atomic mass is 16.1. The van der Waals surface area contributed by atoms with Crippen LogP contribution in [-0.4, -0.2) is 5.78 Å². The summed E-state index contributed by atoms with van der Waals surface area (Å²) in [6.07, 6.45) is 2.07. The van der Waals surface area contributed by atoms with Gasteiger partial charge in [-0.2, -0.15) is 0 Å². The molecule has 15 heavy (non-hydrogen) atoms. The molecule has 0 aromatic heterocycles. The maximum Gasteiger partial charge on any atom is 0.171 e. The summed E-state index contributed by atoms with van der Waals surface area (Å²) in [5.74, 6) is 0.338. The second kappa shape index (κ2) is 2.60. The van der Waals surface area contributed by atoms with Crippen LogP contribution in [0.3, 0.4) is 0 Å². The van der Waals surface area contributed by atoms with Crippen molar-refractivity contribution in [3.05, 3.63) is 47.5 Å². The number of hydrogen-bond acceptors (Lipinski definition) is 1. The molecule has 0 bridgehead atoms. The molecule has 0 unspecified atom stereocenters. The Morgan fingerprint density at radius 1 is 1.40 bits per heavy atom. The van der Waals surface area contributed by atoms with Gasteiger partial charge in [-0.1, -0.05) is 43.3 Å². The Hall–Kier alpha value is -1.37. The van der Waals surface area contributed by atoms with Crippen LogP contribution >= 0.6 is 0 Å². The summed E-state index contributed by atoms with van der Waals surface area (Å²) in [5.41, 5.74) is 3.31. The van der Waals surface area contributed by atoms with E-state index in [9.17, 15) is 4.79 Å². The highest BCUT2D eigenvalue weighted by Gasteiger charge is 2.52. The van der Waals surface area contributed by atoms with Gasteiger partial charge in [0, 0.05) is 11.0 Å². The van der Waals surface area contributed by atoms with Crippen molar-refractivity contribution in [2.24, 2.45) is 5.92 Å². The molecule has 1 saturated carbocycles. The van der Waals surface area contributed by atoms with Crippen LogP contribution in [0.5, 0.6) is 0 Å². The van der Waals surface area contributed by atoms with Gasteiger partial charge in [-0.05, 0) is 18.4 Å². The van der Waals surface area contributed by atoms with E-state index in [2.05, 4.69) is 19.6 Å². The fraction of sp³-hybridized carbons (Fsp3) is 0.357. The Kier molecular flexibility index (Phi) is 1.54. The predicted octanol–water partition coefficient (Wildman–Crippen LogP) is 3.11. The zero-order valence-corrected chi connectivity index (χ0v) is 8.92. The smallest absolute Gasteiger partial charge is 0.171 e. The number of hydrogen-bond donors (Lipinski definition) is 0. The minimum absolute atomic E-state index is 0.0325. The van der Waals surface area contributed by atoms with Crippen molar-refractivity contribution < 1.29 is 4.79 Å². The van der Waals surface area contributed by atoms with Crippen LogP contribution in [0.25, 0.3) is 0 Å². The van der Waals surface area contributed by atoms with E-state index < -0.39 is 0 Å². The largest absolute Gasteiger partial charge is 0.293 e. The van der Waals surface area contributed by atoms with Crippen molar-refractivity contribution in [3.8, 4) is 0 Å². The van der Waals surface area contributed by atoms with Crippen LogP contribution in [0.2, 0.25) is 0 Å². The molecular formula is C14H14O. The number of rotatable bonds is 0. The van der Waals surface area contributed by atoms with Gasteiger partial charge in [0.15, 0.2) is 5.78 Å². The fourth-order valence-electron chi connectivity index (χ4n) is 3.28. The van der Waals surface area contributed by atoms with Crippen LogP contribution < -0.4 is 0 Å². The molecule has 2 aliphatic rings. The van der Waals surface area contributed by atoms with Crippen LogP contribution in [0.15, 0.2) is 36.4 Å². The molecule has 0 N–H and O–H groups in total. The molecule has 3 rings (SSSR count). The van der Waals surface area contributed by atoms with Gasteiger partial charge in [-0.15, -0.1) is 0 Å². The summed E-state index contributed by atoms with van der Waals surface area (Å²) in [7, 11) is 0. The molecule has 1 nitrogen and oxygen atoms in total. The zero-order chi connectivity index (χ0) is 10.6. The molecule has 1 aromatic carbocycles. The first kappa shape index (κ1) is 8.90. The lowest BCUT2D eigenvalue weighted by molar-refractivity contribution is 0.0932. The second-order valence-electron chi connectivity index (χ2n) is 4.92. The third-order valence-electron chi connectivity index (χ3n) is 4.08. The van der Waals surface area contributed by atoms with E-state index in [1.54, 1.807) is 0 Å². The lowest BCUT2D eigenvalue weighted by Gasteiger charge is -2.23. The molecule has 0 amide bonds. The predicted molar refractivity (Wildman–Crippen MR) is 60.0 cm³/mol. The SMILES string of the molecule is C=C1CC[C@]2(C)c3ccccc3C(=O)[C@H]12. The molecule has 1 heteroatoms. The van der Waals surface area contributed by atoms with Gasteiger partial charge in [0.1, 0.15) is 0 Å². The molecular weight excluding hydrogens is 184 g/mol. The summed E-state index contributed by atoms with van der Waals surface area (Å²) in [5, 5.41) is 0. The van der Waals surface area contributed by atoms with Gasteiger partial charge in [0.05, 0.1) is 5.92 Å². The van der Waals surface area contributed by atoms with Crippen molar-refractivity contribution in [1.82, 2.24) is 0 Å². The summed E-state index contributed by atoms with van der Waals surface area (Å²) in [6.45, 7) is 6.26. The minimum Gasteiger partial charge on any atom is -0.293 e. The molecule has 76 valence electrons. The van der Waals surface area contributed by atoms with Crippen LogP contribution in [0.1, 0.15) is 35.7 Å². The molecule has 0 heterocycles. The first-order valence-corrected chi connectivity index (χ1v) is 5.46. The average Bonchev–Trinajstić information content (AvgIpc) is 2.65. The highest BCUT2D eigenvalue weighted by molar-refractivity contribution is 6.06. The Bertz CT molecular complexity index is 472. The van der Waals surface area contributed by atoms with Gasteiger partial charge in [0.2, 0.25) is 0 Å². The summed E-state index contributed by atoms with van der Waals surface area (Å²) in [6, 6.07) is 8.03. The second-order valence-corrected chi connectivity index (χ2v) is 4.92. The Labute approximate surface area is 89.8 Å². The van der Waals surface area contributed by atoms with Gasteiger partial charge in [-0.25, -0.2) is 0 Å². The molecule has 0 saturated heterocycles. The number of Topliss-reactive ketones (excluding diaryl/α,β-unsaturated/α-hetero) is 1. The van der Waals surface area contributed by atoms with E-state index in [1.165, 1.54) is 5.56 Å².